The second-order valence-corrected chi connectivity index (χ2v) is 7.91. The van der Waals surface area contributed by atoms with E-state index in [-0.39, 0.29) is 16.9 Å². The lowest BCUT2D eigenvalue weighted by atomic mass is 10.1. The molecule has 4 N–H and O–H groups in total. The van der Waals surface area contributed by atoms with Gasteiger partial charge in [0.2, 0.25) is 0 Å². The number of hydrogen-bond acceptors (Lipinski definition) is 6. The summed E-state index contributed by atoms with van der Waals surface area (Å²) >= 11 is 0. The molecule has 3 aromatic heterocycles. The van der Waals surface area contributed by atoms with Crippen molar-refractivity contribution in [1.29, 1.82) is 0 Å². The van der Waals surface area contributed by atoms with Crippen LogP contribution in [0.15, 0.2) is 77.9 Å². The predicted octanol–water partition coefficient (Wildman–Crippen LogP) is 3.15. The summed E-state index contributed by atoms with van der Waals surface area (Å²) in [6.07, 6.45) is 3.25. The summed E-state index contributed by atoms with van der Waals surface area (Å²) in [6.45, 7) is 1.83. The van der Waals surface area contributed by atoms with Gasteiger partial charge in [-0.2, -0.15) is 0 Å². The average Bonchev–Trinajstić information content (AvgIpc) is 3.19. The molecule has 0 fully saturated rings. The third-order valence-electron chi connectivity index (χ3n) is 5.80. The number of hydrogen-bond donors (Lipinski definition) is 3. The number of carbonyl (C=O) groups is 1. The van der Waals surface area contributed by atoms with Gasteiger partial charge < -0.3 is 16.4 Å². The number of fused-ring (bicyclic) bond motifs is 2. The Balaban J connectivity index is 1.64. The Morgan fingerprint density at radius 3 is 2.65 bits per heavy atom. The number of rotatable bonds is 5. The summed E-state index contributed by atoms with van der Waals surface area (Å²) in [7, 11) is 1.78. The SMILES string of the molecule is CNc1cccc2cc(C(C)NC(=O)c3c(N)nn4cccnc34)n(-c3ccccc3)c(=O)c12. The van der Waals surface area contributed by atoms with Gasteiger partial charge in [-0.05, 0) is 42.6 Å². The second-order valence-electron chi connectivity index (χ2n) is 7.91. The number of nitrogens with one attached hydrogen (secondary N) is 2. The highest BCUT2D eigenvalue weighted by molar-refractivity contribution is 6.04. The molecule has 3 heterocycles. The molecule has 34 heavy (non-hydrogen) atoms. The first-order valence-corrected chi connectivity index (χ1v) is 10.8. The molecule has 0 radical (unpaired) electrons. The summed E-state index contributed by atoms with van der Waals surface area (Å²) < 4.78 is 3.09. The Hall–Kier alpha value is -4.66. The summed E-state index contributed by atoms with van der Waals surface area (Å²) in [6, 6.07) is 18.1. The summed E-state index contributed by atoms with van der Waals surface area (Å²) in [5, 5.41) is 11.6. The second kappa shape index (κ2) is 8.36. The zero-order valence-electron chi connectivity index (χ0n) is 18.7. The Labute approximate surface area is 194 Å². The number of benzene rings is 2. The fourth-order valence-corrected chi connectivity index (χ4v) is 4.22. The van der Waals surface area contributed by atoms with Crippen molar-refractivity contribution in [3.8, 4) is 5.69 Å². The maximum absolute atomic E-state index is 13.7. The number of nitrogens with zero attached hydrogens (tertiary/aromatic N) is 4. The minimum absolute atomic E-state index is 0.0843. The summed E-state index contributed by atoms with van der Waals surface area (Å²) in [5.74, 6) is -0.337. The number of nitrogens with two attached hydrogens (primary N) is 1. The molecule has 5 aromatic rings. The number of pyridine rings is 1. The average molecular weight is 454 g/mol. The molecule has 1 atom stereocenters. The van der Waals surface area contributed by atoms with Crippen LogP contribution in [0.3, 0.4) is 0 Å². The van der Waals surface area contributed by atoms with E-state index in [9.17, 15) is 9.59 Å². The van der Waals surface area contributed by atoms with Gasteiger partial charge in [0, 0.05) is 36.5 Å². The van der Waals surface area contributed by atoms with E-state index in [1.54, 1.807) is 30.1 Å². The van der Waals surface area contributed by atoms with Crippen LogP contribution >= 0.6 is 0 Å². The normalized spacial score (nSPS) is 12.1. The van der Waals surface area contributed by atoms with Crippen molar-refractivity contribution < 1.29 is 4.79 Å². The molecule has 0 spiro atoms. The summed E-state index contributed by atoms with van der Waals surface area (Å²) in [5.41, 5.74) is 8.48. The highest BCUT2D eigenvalue weighted by Crippen LogP contribution is 2.26. The van der Waals surface area contributed by atoms with Crippen LogP contribution in [0.4, 0.5) is 11.5 Å². The highest BCUT2D eigenvalue weighted by atomic mass is 16.2. The lowest BCUT2D eigenvalue weighted by Crippen LogP contribution is -2.32. The van der Waals surface area contributed by atoms with E-state index in [1.807, 2.05) is 61.5 Å². The largest absolute Gasteiger partial charge is 0.387 e. The van der Waals surface area contributed by atoms with Crippen LogP contribution in [0.25, 0.3) is 22.1 Å². The number of anilines is 2. The van der Waals surface area contributed by atoms with E-state index >= 15 is 0 Å². The molecule has 0 bridgehead atoms. The van der Waals surface area contributed by atoms with Crippen LogP contribution in [0, 0.1) is 0 Å². The molecule has 9 heteroatoms. The van der Waals surface area contributed by atoms with Crippen molar-refractivity contribution in [1.82, 2.24) is 24.5 Å². The maximum atomic E-state index is 13.7. The maximum Gasteiger partial charge on any atom is 0.265 e. The summed E-state index contributed by atoms with van der Waals surface area (Å²) in [4.78, 5) is 31.2. The molecule has 0 saturated heterocycles. The third kappa shape index (κ3) is 3.43. The molecule has 1 unspecified atom stereocenters. The van der Waals surface area contributed by atoms with E-state index in [0.717, 1.165) is 11.1 Å². The minimum atomic E-state index is -0.527. The van der Waals surface area contributed by atoms with E-state index in [2.05, 4.69) is 20.7 Å². The van der Waals surface area contributed by atoms with Gasteiger partial charge in [0.1, 0.15) is 5.56 Å². The first-order valence-electron chi connectivity index (χ1n) is 10.8. The van der Waals surface area contributed by atoms with Gasteiger partial charge in [-0.1, -0.05) is 30.3 Å². The van der Waals surface area contributed by atoms with Crippen LogP contribution in [0.5, 0.6) is 0 Å². The standard InChI is InChI=1S/C25H23N7O2/c1-15(29-24(33)21-22(26)30-31-13-7-12-28-23(21)31)19-14-16-8-6-11-18(27-2)20(16)25(34)32(19)17-9-4-3-5-10-17/h3-15,27H,1-2H3,(H2,26,30)(H,29,33). The van der Waals surface area contributed by atoms with Crippen molar-refractivity contribution in [2.45, 2.75) is 13.0 Å². The van der Waals surface area contributed by atoms with E-state index in [0.29, 0.717) is 22.4 Å². The lowest BCUT2D eigenvalue weighted by Gasteiger charge is -2.21. The predicted molar refractivity (Wildman–Crippen MR) is 132 cm³/mol. The van der Waals surface area contributed by atoms with Crippen LogP contribution in [0.2, 0.25) is 0 Å². The van der Waals surface area contributed by atoms with Crippen molar-refractivity contribution in [3.05, 3.63) is 94.7 Å². The molecule has 170 valence electrons. The van der Waals surface area contributed by atoms with Gasteiger partial charge in [0.05, 0.1) is 11.4 Å². The number of nitrogen functional groups attached to an aromatic ring is 1. The molecule has 0 aliphatic rings. The van der Waals surface area contributed by atoms with Crippen molar-refractivity contribution >= 4 is 33.8 Å². The molecular formula is C25H23N7O2. The topological polar surface area (TPSA) is 119 Å². The Morgan fingerprint density at radius 1 is 1.09 bits per heavy atom. The quantitative estimate of drug-likeness (QED) is 0.376. The van der Waals surface area contributed by atoms with Gasteiger partial charge in [-0.3, -0.25) is 14.2 Å². The third-order valence-corrected chi connectivity index (χ3v) is 5.80. The van der Waals surface area contributed by atoms with Crippen molar-refractivity contribution in [2.24, 2.45) is 0 Å². The Kier molecular flexibility index (Phi) is 5.21. The zero-order chi connectivity index (χ0) is 23.8. The monoisotopic (exact) mass is 453 g/mol. The Morgan fingerprint density at radius 2 is 1.88 bits per heavy atom. The Bertz CT molecular complexity index is 1590. The number of carbonyl (C=O) groups excluding carboxylic acids is 1. The molecular weight excluding hydrogens is 430 g/mol. The molecule has 0 aliphatic heterocycles. The number of para-hydroxylation sites is 1. The molecule has 9 nitrogen and oxygen atoms in total. The van der Waals surface area contributed by atoms with Crippen molar-refractivity contribution in [3.63, 3.8) is 0 Å². The molecule has 0 aliphatic carbocycles. The van der Waals surface area contributed by atoms with Gasteiger partial charge in [0.15, 0.2) is 11.5 Å². The number of amides is 1. The van der Waals surface area contributed by atoms with Crippen LogP contribution in [-0.4, -0.2) is 32.1 Å². The lowest BCUT2D eigenvalue weighted by molar-refractivity contribution is 0.0941. The fourth-order valence-electron chi connectivity index (χ4n) is 4.22. The van der Waals surface area contributed by atoms with E-state index in [4.69, 9.17) is 5.73 Å². The highest BCUT2D eigenvalue weighted by Gasteiger charge is 2.23. The van der Waals surface area contributed by atoms with Gasteiger partial charge in [-0.25, -0.2) is 9.50 Å². The molecule has 0 saturated carbocycles. The van der Waals surface area contributed by atoms with E-state index in [1.165, 1.54) is 4.52 Å². The van der Waals surface area contributed by atoms with Gasteiger partial charge in [-0.15, -0.1) is 5.10 Å². The number of aromatic nitrogens is 4. The first kappa shape index (κ1) is 21.2. The molecule has 5 rings (SSSR count). The van der Waals surface area contributed by atoms with Crippen LogP contribution < -0.4 is 21.9 Å². The molecule has 1 amide bonds. The van der Waals surface area contributed by atoms with Gasteiger partial charge in [0.25, 0.3) is 11.5 Å². The molecule has 2 aromatic carbocycles. The smallest absolute Gasteiger partial charge is 0.265 e. The minimum Gasteiger partial charge on any atom is -0.387 e. The van der Waals surface area contributed by atoms with Crippen LogP contribution in [-0.2, 0) is 0 Å². The van der Waals surface area contributed by atoms with E-state index < -0.39 is 11.9 Å². The van der Waals surface area contributed by atoms with Crippen molar-refractivity contribution in [2.75, 3.05) is 18.1 Å². The van der Waals surface area contributed by atoms with Crippen LogP contribution in [0.1, 0.15) is 29.0 Å². The fraction of sp³-hybridized carbons (Fsp3) is 0.120. The first-order chi connectivity index (χ1) is 16.5. The van der Waals surface area contributed by atoms with Gasteiger partial charge >= 0.3 is 0 Å². The zero-order valence-corrected chi connectivity index (χ0v) is 18.7.